The second-order valence-corrected chi connectivity index (χ2v) is 7.17. The van der Waals surface area contributed by atoms with Crippen LogP contribution in [0.2, 0.25) is 0 Å². The van der Waals surface area contributed by atoms with Gasteiger partial charge in [-0.25, -0.2) is 0 Å². The van der Waals surface area contributed by atoms with Crippen LogP contribution in [0.4, 0.5) is 0 Å². The first kappa shape index (κ1) is 14.6. The molecule has 1 aromatic rings. The van der Waals surface area contributed by atoms with Crippen LogP contribution in [0.3, 0.4) is 0 Å². The summed E-state index contributed by atoms with van der Waals surface area (Å²) in [4.78, 5) is 2.66. The maximum Gasteiger partial charge on any atom is 0.115 e. The van der Waals surface area contributed by atoms with Crippen LogP contribution in [0.25, 0.3) is 0 Å². The Hall–Kier alpha value is -1.28. The van der Waals surface area contributed by atoms with Gasteiger partial charge in [0.25, 0.3) is 0 Å². The Morgan fingerprint density at radius 1 is 1.48 bits per heavy atom. The SMILES string of the molecule is C/C=C(\C)CN1CC[C@@]2(C)c3cc(O)ccc3C[C@@H]1[C@@H]2C. The van der Waals surface area contributed by atoms with Crippen molar-refractivity contribution in [3.05, 3.63) is 41.0 Å². The van der Waals surface area contributed by atoms with Gasteiger partial charge in [0.2, 0.25) is 0 Å². The number of phenolic OH excluding ortho intramolecular Hbond substituents is 1. The molecule has 2 aliphatic rings. The molecule has 1 aliphatic heterocycles. The van der Waals surface area contributed by atoms with Crippen LogP contribution in [0, 0.1) is 5.92 Å². The third-order valence-electron chi connectivity index (χ3n) is 6.05. The summed E-state index contributed by atoms with van der Waals surface area (Å²) < 4.78 is 0. The van der Waals surface area contributed by atoms with Crippen LogP contribution in [-0.4, -0.2) is 29.1 Å². The lowest BCUT2D eigenvalue weighted by atomic mass is 9.59. The normalized spacial score (nSPS) is 32.9. The third kappa shape index (κ3) is 2.30. The van der Waals surface area contributed by atoms with E-state index in [1.807, 2.05) is 12.1 Å². The summed E-state index contributed by atoms with van der Waals surface area (Å²) in [6.07, 6.45) is 4.52. The van der Waals surface area contributed by atoms with E-state index in [4.69, 9.17) is 0 Å². The fourth-order valence-corrected chi connectivity index (χ4v) is 4.30. The molecule has 1 fully saturated rings. The summed E-state index contributed by atoms with van der Waals surface area (Å²) in [6.45, 7) is 11.4. The highest BCUT2D eigenvalue weighted by Crippen LogP contribution is 2.49. The highest BCUT2D eigenvalue weighted by atomic mass is 16.3. The first-order valence-corrected chi connectivity index (χ1v) is 8.14. The molecule has 1 aromatic carbocycles. The lowest BCUT2D eigenvalue weighted by Crippen LogP contribution is -2.58. The van der Waals surface area contributed by atoms with Gasteiger partial charge in [0, 0.05) is 12.6 Å². The summed E-state index contributed by atoms with van der Waals surface area (Å²) >= 11 is 0. The average molecular weight is 285 g/mol. The maximum atomic E-state index is 9.87. The summed E-state index contributed by atoms with van der Waals surface area (Å²) in [5.74, 6) is 1.04. The van der Waals surface area contributed by atoms with E-state index in [0.29, 0.717) is 17.7 Å². The molecule has 0 unspecified atom stereocenters. The van der Waals surface area contributed by atoms with Gasteiger partial charge in [-0.05, 0) is 67.8 Å². The van der Waals surface area contributed by atoms with E-state index < -0.39 is 0 Å². The van der Waals surface area contributed by atoms with Crippen LogP contribution in [0.1, 0.15) is 45.2 Å². The van der Waals surface area contributed by atoms with E-state index in [9.17, 15) is 5.11 Å². The number of benzene rings is 1. The molecule has 3 rings (SSSR count). The third-order valence-corrected chi connectivity index (χ3v) is 6.05. The fourth-order valence-electron chi connectivity index (χ4n) is 4.30. The van der Waals surface area contributed by atoms with Crippen molar-refractivity contribution in [1.29, 1.82) is 0 Å². The first-order valence-electron chi connectivity index (χ1n) is 8.14. The number of phenols is 1. The Morgan fingerprint density at radius 2 is 2.24 bits per heavy atom. The quantitative estimate of drug-likeness (QED) is 0.834. The van der Waals surface area contributed by atoms with Gasteiger partial charge in [-0.3, -0.25) is 4.90 Å². The van der Waals surface area contributed by atoms with E-state index in [1.54, 1.807) is 0 Å². The summed E-state index contributed by atoms with van der Waals surface area (Å²) in [6, 6.07) is 6.61. The minimum atomic E-state index is 0.206. The molecule has 3 atom stereocenters. The lowest BCUT2D eigenvalue weighted by molar-refractivity contribution is 0.0380. The molecule has 114 valence electrons. The average Bonchev–Trinajstić information content (AvgIpc) is 2.46. The zero-order chi connectivity index (χ0) is 15.2. The standard InChI is InChI=1S/C19H27NO/c1-5-13(2)12-20-9-8-19(4)14(3)18(20)10-15-6-7-16(21)11-17(15)19/h5-7,11,14,18,21H,8-10,12H2,1-4H3/b13-5+/t14-,18+,19+/m0/s1. The molecule has 0 radical (unpaired) electrons. The van der Waals surface area contributed by atoms with E-state index in [-0.39, 0.29) is 5.41 Å². The molecule has 1 heterocycles. The van der Waals surface area contributed by atoms with Crippen molar-refractivity contribution >= 4 is 0 Å². The number of hydrogen-bond donors (Lipinski definition) is 1. The van der Waals surface area contributed by atoms with Crippen molar-refractivity contribution in [1.82, 2.24) is 4.90 Å². The van der Waals surface area contributed by atoms with E-state index >= 15 is 0 Å². The monoisotopic (exact) mass is 285 g/mol. The molecule has 0 amide bonds. The van der Waals surface area contributed by atoms with Crippen LogP contribution >= 0.6 is 0 Å². The van der Waals surface area contributed by atoms with Crippen molar-refractivity contribution in [2.24, 2.45) is 5.92 Å². The number of allylic oxidation sites excluding steroid dienone is 1. The topological polar surface area (TPSA) is 23.5 Å². The van der Waals surface area contributed by atoms with Gasteiger partial charge < -0.3 is 5.11 Å². The number of fused-ring (bicyclic) bond motifs is 4. The van der Waals surface area contributed by atoms with Crippen molar-refractivity contribution in [3.8, 4) is 5.75 Å². The van der Waals surface area contributed by atoms with Crippen molar-refractivity contribution in [2.45, 2.75) is 52.0 Å². The highest BCUT2D eigenvalue weighted by molar-refractivity contribution is 5.44. The first-order chi connectivity index (χ1) is 9.95. The Morgan fingerprint density at radius 3 is 2.95 bits per heavy atom. The number of piperidine rings is 1. The second kappa shape index (κ2) is 5.17. The molecule has 0 spiro atoms. The molecule has 0 aromatic heterocycles. The smallest absolute Gasteiger partial charge is 0.115 e. The zero-order valence-corrected chi connectivity index (χ0v) is 13.7. The Kier molecular flexibility index (Phi) is 3.61. The number of nitrogens with zero attached hydrogens (tertiary/aromatic N) is 1. The number of likely N-dealkylation sites (tertiary alicyclic amines) is 1. The Bertz CT molecular complexity index is 577. The van der Waals surface area contributed by atoms with Crippen molar-refractivity contribution in [3.63, 3.8) is 0 Å². The maximum absolute atomic E-state index is 9.87. The molecular formula is C19H27NO. The van der Waals surface area contributed by atoms with Crippen LogP contribution in [0.5, 0.6) is 5.75 Å². The second-order valence-electron chi connectivity index (χ2n) is 7.17. The van der Waals surface area contributed by atoms with Gasteiger partial charge in [-0.2, -0.15) is 0 Å². The zero-order valence-electron chi connectivity index (χ0n) is 13.7. The largest absolute Gasteiger partial charge is 0.508 e. The van der Waals surface area contributed by atoms with Gasteiger partial charge in [0.15, 0.2) is 0 Å². The molecule has 0 saturated carbocycles. The van der Waals surface area contributed by atoms with Gasteiger partial charge in [0.05, 0.1) is 0 Å². The summed E-state index contributed by atoms with van der Waals surface area (Å²) in [5.41, 5.74) is 4.48. The van der Waals surface area contributed by atoms with Crippen molar-refractivity contribution < 1.29 is 5.11 Å². The van der Waals surface area contributed by atoms with Gasteiger partial charge in [0.1, 0.15) is 5.75 Å². The minimum Gasteiger partial charge on any atom is -0.508 e. The molecule has 1 saturated heterocycles. The highest BCUT2D eigenvalue weighted by Gasteiger charge is 2.48. The summed E-state index contributed by atoms with van der Waals surface area (Å²) in [5, 5.41) is 9.87. The Balaban J connectivity index is 1.98. The predicted molar refractivity (Wildman–Crippen MR) is 87.7 cm³/mol. The van der Waals surface area contributed by atoms with Gasteiger partial charge in [-0.1, -0.05) is 31.6 Å². The predicted octanol–water partition coefficient (Wildman–Crippen LogP) is 3.88. The molecule has 21 heavy (non-hydrogen) atoms. The Labute approximate surface area is 128 Å². The molecule has 2 nitrogen and oxygen atoms in total. The number of hydrogen-bond acceptors (Lipinski definition) is 2. The van der Waals surface area contributed by atoms with Gasteiger partial charge in [-0.15, -0.1) is 0 Å². The number of aromatic hydroxyl groups is 1. The van der Waals surface area contributed by atoms with Crippen LogP contribution in [0.15, 0.2) is 29.8 Å². The fraction of sp³-hybridized carbons (Fsp3) is 0.579. The lowest BCUT2D eigenvalue weighted by Gasteiger charge is -2.54. The van der Waals surface area contributed by atoms with Crippen molar-refractivity contribution in [2.75, 3.05) is 13.1 Å². The minimum absolute atomic E-state index is 0.206. The molecular weight excluding hydrogens is 258 g/mol. The van der Waals surface area contributed by atoms with E-state index in [1.165, 1.54) is 23.1 Å². The van der Waals surface area contributed by atoms with E-state index in [2.05, 4.69) is 44.7 Å². The van der Waals surface area contributed by atoms with Crippen LogP contribution in [-0.2, 0) is 11.8 Å². The van der Waals surface area contributed by atoms with Crippen LogP contribution < -0.4 is 0 Å². The summed E-state index contributed by atoms with van der Waals surface area (Å²) in [7, 11) is 0. The van der Waals surface area contributed by atoms with E-state index in [0.717, 1.165) is 19.5 Å². The molecule has 1 N–H and O–H groups in total. The molecule has 2 bridgehead atoms. The molecule has 2 heteroatoms. The van der Waals surface area contributed by atoms with Gasteiger partial charge >= 0.3 is 0 Å². The number of rotatable bonds is 2. The molecule has 1 aliphatic carbocycles.